The highest BCUT2D eigenvalue weighted by atomic mass is 19.1. The Morgan fingerprint density at radius 3 is 3.05 bits per heavy atom. The lowest BCUT2D eigenvalue weighted by atomic mass is 10.0. The maximum absolute atomic E-state index is 13.3. The lowest BCUT2D eigenvalue weighted by Gasteiger charge is -2.35. The van der Waals surface area contributed by atoms with Gasteiger partial charge in [-0.2, -0.15) is 0 Å². The van der Waals surface area contributed by atoms with E-state index in [1.165, 1.54) is 6.07 Å². The molecule has 0 aromatic heterocycles. The summed E-state index contributed by atoms with van der Waals surface area (Å²) in [5.41, 5.74) is 0.887. The molecule has 0 bridgehead atoms. The molecular formula is C16H21FN2O2. The van der Waals surface area contributed by atoms with Gasteiger partial charge in [0, 0.05) is 31.4 Å². The maximum Gasteiger partial charge on any atom is 0.225 e. The molecule has 2 atom stereocenters. The molecule has 2 aliphatic heterocycles. The van der Waals surface area contributed by atoms with Crippen molar-refractivity contribution in [1.82, 2.24) is 5.32 Å². The van der Waals surface area contributed by atoms with E-state index in [-0.39, 0.29) is 23.7 Å². The zero-order valence-corrected chi connectivity index (χ0v) is 12.1. The van der Waals surface area contributed by atoms with Crippen LogP contribution in [0.5, 0.6) is 0 Å². The van der Waals surface area contributed by atoms with Crippen molar-refractivity contribution in [2.75, 3.05) is 31.2 Å². The van der Waals surface area contributed by atoms with Crippen molar-refractivity contribution in [3.63, 3.8) is 0 Å². The fourth-order valence-corrected chi connectivity index (χ4v) is 3.06. The lowest BCUT2D eigenvalue weighted by molar-refractivity contribution is -0.125. The van der Waals surface area contributed by atoms with Gasteiger partial charge in [-0.1, -0.05) is 6.07 Å². The van der Waals surface area contributed by atoms with Gasteiger partial charge in [-0.25, -0.2) is 4.39 Å². The average Bonchev–Trinajstić information content (AvgIpc) is 3.02. The van der Waals surface area contributed by atoms with Gasteiger partial charge in [0.05, 0.1) is 12.5 Å². The Bertz CT molecular complexity index is 503. The predicted molar refractivity (Wildman–Crippen MR) is 78.7 cm³/mol. The van der Waals surface area contributed by atoms with Gasteiger partial charge < -0.3 is 15.0 Å². The summed E-state index contributed by atoms with van der Waals surface area (Å²) in [6.07, 6.45) is 2.79. The van der Waals surface area contributed by atoms with Gasteiger partial charge in [-0.15, -0.1) is 0 Å². The van der Waals surface area contributed by atoms with E-state index in [1.807, 2.05) is 6.07 Å². The number of benzene rings is 1. The van der Waals surface area contributed by atoms with E-state index in [0.29, 0.717) is 13.2 Å². The molecule has 2 heterocycles. The number of anilines is 1. The highest BCUT2D eigenvalue weighted by Crippen LogP contribution is 2.21. The van der Waals surface area contributed by atoms with Crippen LogP contribution in [0.1, 0.15) is 19.3 Å². The smallest absolute Gasteiger partial charge is 0.225 e. The minimum Gasteiger partial charge on any atom is -0.381 e. The van der Waals surface area contributed by atoms with Crippen molar-refractivity contribution >= 4 is 11.6 Å². The molecule has 5 heteroatoms. The molecule has 2 fully saturated rings. The molecule has 0 radical (unpaired) electrons. The van der Waals surface area contributed by atoms with E-state index in [0.717, 1.165) is 38.0 Å². The monoisotopic (exact) mass is 292 g/mol. The second-order valence-corrected chi connectivity index (χ2v) is 5.83. The first-order chi connectivity index (χ1) is 10.2. The molecule has 2 unspecified atom stereocenters. The van der Waals surface area contributed by atoms with Crippen LogP contribution in [0.3, 0.4) is 0 Å². The number of ether oxygens (including phenoxy) is 1. The summed E-state index contributed by atoms with van der Waals surface area (Å²) < 4.78 is 18.6. The molecule has 0 aliphatic carbocycles. The van der Waals surface area contributed by atoms with Crippen LogP contribution in [-0.2, 0) is 9.53 Å². The second kappa shape index (κ2) is 6.43. The molecular weight excluding hydrogens is 271 g/mol. The molecule has 114 valence electrons. The van der Waals surface area contributed by atoms with Crippen LogP contribution in [0.25, 0.3) is 0 Å². The van der Waals surface area contributed by atoms with Crippen molar-refractivity contribution in [3.8, 4) is 0 Å². The van der Waals surface area contributed by atoms with Gasteiger partial charge in [0.1, 0.15) is 5.82 Å². The average molecular weight is 292 g/mol. The summed E-state index contributed by atoms with van der Waals surface area (Å²) in [6.45, 7) is 2.86. The molecule has 0 spiro atoms. The highest BCUT2D eigenvalue weighted by Gasteiger charge is 2.27. The molecule has 0 saturated carbocycles. The van der Waals surface area contributed by atoms with Crippen molar-refractivity contribution < 1.29 is 13.9 Å². The number of halogens is 1. The van der Waals surface area contributed by atoms with E-state index in [1.54, 1.807) is 12.1 Å². The molecule has 1 N–H and O–H groups in total. The van der Waals surface area contributed by atoms with Crippen molar-refractivity contribution in [2.45, 2.75) is 25.3 Å². The summed E-state index contributed by atoms with van der Waals surface area (Å²) in [5, 5.41) is 3.12. The third-order valence-electron chi connectivity index (χ3n) is 4.24. The number of carbonyl (C=O) groups excluding carboxylic acids is 1. The molecule has 2 aliphatic rings. The zero-order chi connectivity index (χ0) is 14.7. The zero-order valence-electron chi connectivity index (χ0n) is 12.1. The molecule has 1 aromatic rings. The van der Waals surface area contributed by atoms with Gasteiger partial charge in [0.15, 0.2) is 0 Å². The van der Waals surface area contributed by atoms with Crippen molar-refractivity contribution in [3.05, 3.63) is 30.1 Å². The number of nitrogens with one attached hydrogen (secondary N) is 1. The fourth-order valence-electron chi connectivity index (χ4n) is 3.06. The van der Waals surface area contributed by atoms with E-state index >= 15 is 0 Å². The van der Waals surface area contributed by atoms with Gasteiger partial charge in [-0.3, -0.25) is 4.79 Å². The van der Waals surface area contributed by atoms with E-state index in [2.05, 4.69) is 10.2 Å². The minimum absolute atomic E-state index is 0.00505. The summed E-state index contributed by atoms with van der Waals surface area (Å²) >= 11 is 0. The van der Waals surface area contributed by atoms with Crippen molar-refractivity contribution in [2.24, 2.45) is 5.92 Å². The number of hydrogen-bond acceptors (Lipinski definition) is 3. The van der Waals surface area contributed by atoms with Gasteiger partial charge >= 0.3 is 0 Å². The number of carbonyl (C=O) groups is 1. The Kier molecular flexibility index (Phi) is 4.39. The largest absolute Gasteiger partial charge is 0.381 e. The third kappa shape index (κ3) is 3.53. The van der Waals surface area contributed by atoms with E-state index < -0.39 is 0 Å². The molecule has 4 nitrogen and oxygen atoms in total. The summed E-state index contributed by atoms with van der Waals surface area (Å²) in [6, 6.07) is 6.78. The Hall–Kier alpha value is -1.62. The van der Waals surface area contributed by atoms with Crippen LogP contribution in [-0.4, -0.2) is 38.3 Å². The highest BCUT2D eigenvalue weighted by molar-refractivity contribution is 5.79. The lowest BCUT2D eigenvalue weighted by Crippen LogP contribution is -2.49. The number of piperidine rings is 1. The minimum atomic E-state index is -0.221. The normalized spacial score (nSPS) is 25.9. The topological polar surface area (TPSA) is 41.6 Å². The molecule has 1 aromatic carbocycles. The van der Waals surface area contributed by atoms with Crippen LogP contribution in [0.2, 0.25) is 0 Å². The molecule has 2 saturated heterocycles. The standard InChI is InChI=1S/C16H21FN2O2/c17-13-3-1-5-15(9-13)19-7-2-4-14(10-19)18-16(20)12-6-8-21-11-12/h1,3,5,9,12,14H,2,4,6-8,10-11H2,(H,18,20). The van der Waals surface area contributed by atoms with Gasteiger partial charge in [0.2, 0.25) is 5.91 Å². The first kappa shape index (κ1) is 14.3. The summed E-state index contributed by atoms with van der Waals surface area (Å²) in [7, 11) is 0. The number of hydrogen-bond donors (Lipinski definition) is 1. The first-order valence-electron chi connectivity index (χ1n) is 7.61. The van der Waals surface area contributed by atoms with Crippen LogP contribution in [0, 0.1) is 11.7 Å². The van der Waals surface area contributed by atoms with Crippen LogP contribution in [0.4, 0.5) is 10.1 Å². The van der Waals surface area contributed by atoms with Crippen LogP contribution >= 0.6 is 0 Å². The predicted octanol–water partition coefficient (Wildman–Crippen LogP) is 1.95. The quantitative estimate of drug-likeness (QED) is 0.926. The molecule has 3 rings (SSSR count). The van der Waals surface area contributed by atoms with Crippen molar-refractivity contribution in [1.29, 1.82) is 0 Å². The van der Waals surface area contributed by atoms with Crippen LogP contribution in [0.15, 0.2) is 24.3 Å². The Labute approximate surface area is 124 Å². The third-order valence-corrected chi connectivity index (χ3v) is 4.24. The Morgan fingerprint density at radius 2 is 2.29 bits per heavy atom. The Morgan fingerprint density at radius 1 is 1.38 bits per heavy atom. The summed E-state index contributed by atoms with van der Waals surface area (Å²) in [4.78, 5) is 14.3. The number of rotatable bonds is 3. The van der Waals surface area contributed by atoms with E-state index in [4.69, 9.17) is 4.74 Å². The van der Waals surface area contributed by atoms with E-state index in [9.17, 15) is 9.18 Å². The fraction of sp³-hybridized carbons (Fsp3) is 0.562. The SMILES string of the molecule is O=C(NC1CCCN(c2cccc(F)c2)C1)C1CCOC1. The molecule has 21 heavy (non-hydrogen) atoms. The molecule has 1 amide bonds. The van der Waals surface area contributed by atoms with Gasteiger partial charge in [-0.05, 0) is 37.5 Å². The maximum atomic E-state index is 13.3. The Balaban J connectivity index is 1.59. The number of amides is 1. The first-order valence-corrected chi connectivity index (χ1v) is 7.61. The second-order valence-electron chi connectivity index (χ2n) is 5.83. The number of nitrogens with zero attached hydrogens (tertiary/aromatic N) is 1. The van der Waals surface area contributed by atoms with Gasteiger partial charge in [0.25, 0.3) is 0 Å². The van der Waals surface area contributed by atoms with Crippen LogP contribution < -0.4 is 10.2 Å². The summed E-state index contributed by atoms with van der Waals surface area (Å²) in [5.74, 6) is -0.130.